The fraction of sp³-hybridized carbons (Fsp3) is 0.250. The molecule has 46 valence electrons. The molecule has 0 bridgehead atoms. The summed E-state index contributed by atoms with van der Waals surface area (Å²) in [4.78, 5) is 10.2. The molecule has 0 saturated heterocycles. The lowest BCUT2D eigenvalue weighted by molar-refractivity contribution is -0.129. The van der Waals surface area contributed by atoms with Gasteiger partial charge >= 0.3 is 5.97 Å². The van der Waals surface area contributed by atoms with Crippen molar-refractivity contribution in [2.24, 2.45) is 0 Å². The maximum Gasteiger partial charge on any atom is 0.337 e. The highest BCUT2D eigenvalue weighted by molar-refractivity contribution is 7.10. The Morgan fingerprint density at radius 2 is 2.38 bits per heavy atom. The summed E-state index contributed by atoms with van der Waals surface area (Å²) in [5, 5.41) is 8.23. The number of carbonyl (C=O) groups excluding carboxylic acids is 1. The summed E-state index contributed by atoms with van der Waals surface area (Å²) in [6.45, 7) is 2.85. The Morgan fingerprint density at radius 3 is 2.50 bits per heavy atom. The largest absolute Gasteiger partial charge is 0.448 e. The molecule has 0 aromatic heterocycles. The topological polar surface area (TPSA) is 46.5 Å². The number of aliphatic hydroxyl groups is 1. The van der Waals surface area contributed by atoms with E-state index in [1.165, 1.54) is 0 Å². The third-order valence-corrected chi connectivity index (χ3v) is 0.801. The minimum absolute atomic E-state index is 0.0556. The van der Waals surface area contributed by atoms with Crippen LogP contribution in [-0.4, -0.2) is 17.7 Å². The first-order chi connectivity index (χ1) is 3.72. The number of aliphatic hydroxyl groups excluding tert-OH is 1. The number of hydrogen-bond donors (Lipinski definition) is 1. The minimum Gasteiger partial charge on any atom is -0.448 e. The average Bonchev–Trinajstić information content (AvgIpc) is 1.84. The monoisotopic (exact) mass is 134 g/mol. The Bertz CT molecular complexity index is 95.9. The van der Waals surface area contributed by atoms with Gasteiger partial charge in [0.1, 0.15) is 0 Å². The quantitative estimate of drug-likeness (QED) is 0.422. The molecule has 4 heteroatoms. The Labute approximate surface area is 49.6 Å². The van der Waals surface area contributed by atoms with Gasteiger partial charge < -0.3 is 9.63 Å². The van der Waals surface area contributed by atoms with Crippen LogP contribution in [0.2, 0.25) is 0 Å². The second-order valence-electron chi connectivity index (χ2n) is 1.17. The minimum atomic E-state index is -0.600. The molecule has 0 aromatic rings. The van der Waals surface area contributed by atoms with Crippen LogP contribution in [0.1, 0.15) is 0 Å². The molecular weight excluding hydrogens is 127 g/mol. The number of carbonyl (C=O) groups is 1. The van der Waals surface area contributed by atoms with E-state index >= 15 is 0 Å². The number of hydrogen-bond acceptors (Lipinski definition) is 3. The van der Waals surface area contributed by atoms with Crippen molar-refractivity contribution < 1.29 is 14.4 Å². The van der Waals surface area contributed by atoms with Crippen molar-refractivity contribution >= 4 is 15.4 Å². The molecule has 1 N–H and O–H groups in total. The average molecular weight is 134 g/mol. The smallest absolute Gasteiger partial charge is 0.337 e. The van der Waals surface area contributed by atoms with E-state index in [2.05, 4.69) is 11.1 Å². The lowest BCUT2D eigenvalue weighted by Gasteiger charge is -1.95. The number of rotatable bonds is 2. The first-order valence-corrected chi connectivity index (χ1v) is 2.39. The standard InChI is InChI=1S/C4H7O3P/c1-3(2-5)4(6)7-8/h5H,1-2,8H2. The van der Waals surface area contributed by atoms with E-state index in [1.807, 2.05) is 0 Å². The van der Waals surface area contributed by atoms with Crippen LogP contribution in [0, 0.1) is 0 Å². The lowest BCUT2D eigenvalue weighted by atomic mass is 10.3. The normalized spacial score (nSPS) is 8.25. The molecule has 0 aliphatic rings. The molecule has 0 rings (SSSR count). The predicted molar refractivity (Wildman–Crippen MR) is 32.0 cm³/mol. The molecule has 0 heterocycles. The molecule has 0 radical (unpaired) electrons. The van der Waals surface area contributed by atoms with Crippen LogP contribution in [0.5, 0.6) is 0 Å². The van der Waals surface area contributed by atoms with Gasteiger partial charge in [0.05, 0.1) is 21.6 Å². The molecule has 0 spiro atoms. The van der Waals surface area contributed by atoms with Gasteiger partial charge in [-0.25, -0.2) is 4.79 Å². The molecule has 0 fully saturated rings. The maximum absolute atomic E-state index is 10.2. The summed E-state index contributed by atoms with van der Waals surface area (Å²) < 4.78 is 4.12. The van der Waals surface area contributed by atoms with E-state index in [9.17, 15) is 4.79 Å². The van der Waals surface area contributed by atoms with Crippen molar-refractivity contribution in [3.8, 4) is 0 Å². The van der Waals surface area contributed by atoms with Crippen molar-refractivity contribution in [3.05, 3.63) is 12.2 Å². The fourth-order valence-electron chi connectivity index (χ4n) is 0.148. The van der Waals surface area contributed by atoms with Crippen molar-refractivity contribution in [2.75, 3.05) is 6.61 Å². The zero-order valence-corrected chi connectivity index (χ0v) is 5.41. The second-order valence-corrected chi connectivity index (χ2v) is 1.40. The van der Waals surface area contributed by atoms with Gasteiger partial charge in [0.2, 0.25) is 0 Å². The van der Waals surface area contributed by atoms with E-state index in [0.29, 0.717) is 0 Å². The van der Waals surface area contributed by atoms with Crippen LogP contribution in [0.4, 0.5) is 0 Å². The van der Waals surface area contributed by atoms with Crippen LogP contribution >= 0.6 is 9.47 Å². The Kier molecular flexibility index (Phi) is 3.40. The van der Waals surface area contributed by atoms with Crippen molar-refractivity contribution in [2.45, 2.75) is 0 Å². The van der Waals surface area contributed by atoms with Crippen LogP contribution in [0.3, 0.4) is 0 Å². The van der Waals surface area contributed by atoms with Crippen molar-refractivity contribution in [3.63, 3.8) is 0 Å². The maximum atomic E-state index is 10.2. The second kappa shape index (κ2) is 3.58. The SMILES string of the molecule is C=C(CO)C(=O)OP. The van der Waals surface area contributed by atoms with Crippen LogP contribution in [-0.2, 0) is 9.32 Å². The van der Waals surface area contributed by atoms with E-state index in [-0.39, 0.29) is 12.2 Å². The predicted octanol–water partition coefficient (Wildman–Crippen LogP) is -0.132. The van der Waals surface area contributed by atoms with Gasteiger partial charge in [0.15, 0.2) is 0 Å². The van der Waals surface area contributed by atoms with Gasteiger partial charge in [-0.2, -0.15) is 0 Å². The fourth-order valence-corrected chi connectivity index (χ4v) is 0.315. The molecule has 0 aliphatic heterocycles. The van der Waals surface area contributed by atoms with Gasteiger partial charge in [-0.05, 0) is 0 Å². The van der Waals surface area contributed by atoms with Gasteiger partial charge in [0, 0.05) is 0 Å². The lowest BCUT2D eigenvalue weighted by Crippen LogP contribution is -2.03. The molecule has 1 atom stereocenters. The molecule has 0 saturated carbocycles. The van der Waals surface area contributed by atoms with Crippen molar-refractivity contribution in [1.82, 2.24) is 0 Å². The van der Waals surface area contributed by atoms with Gasteiger partial charge in [-0.3, -0.25) is 0 Å². The van der Waals surface area contributed by atoms with Gasteiger partial charge in [-0.15, -0.1) is 0 Å². The molecular formula is C4H7O3P. The molecule has 1 unspecified atom stereocenters. The third kappa shape index (κ3) is 2.05. The Balaban J connectivity index is 3.64. The summed E-state index contributed by atoms with van der Waals surface area (Å²) in [6, 6.07) is 0. The van der Waals surface area contributed by atoms with E-state index in [1.54, 1.807) is 9.47 Å². The van der Waals surface area contributed by atoms with Crippen molar-refractivity contribution in [1.29, 1.82) is 0 Å². The first kappa shape index (κ1) is 7.60. The highest BCUT2D eigenvalue weighted by Gasteiger charge is 2.02. The van der Waals surface area contributed by atoms with Gasteiger partial charge in [-0.1, -0.05) is 6.58 Å². The zero-order valence-electron chi connectivity index (χ0n) is 4.26. The molecule has 0 aromatic carbocycles. The van der Waals surface area contributed by atoms with Crippen LogP contribution in [0.15, 0.2) is 12.2 Å². The molecule has 0 amide bonds. The Morgan fingerprint density at radius 1 is 1.88 bits per heavy atom. The van der Waals surface area contributed by atoms with E-state index in [4.69, 9.17) is 5.11 Å². The third-order valence-electron chi connectivity index (χ3n) is 0.587. The first-order valence-electron chi connectivity index (χ1n) is 1.92. The summed E-state index contributed by atoms with van der Waals surface area (Å²) >= 11 is 0. The highest BCUT2D eigenvalue weighted by atomic mass is 31.0. The Hall–Kier alpha value is -0.400. The zero-order chi connectivity index (χ0) is 6.57. The summed E-state index contributed by atoms with van der Waals surface area (Å²) in [7, 11) is 1.77. The summed E-state index contributed by atoms with van der Waals surface area (Å²) in [5.74, 6) is -0.600. The highest BCUT2D eigenvalue weighted by Crippen LogP contribution is 1.95. The summed E-state index contributed by atoms with van der Waals surface area (Å²) in [5.41, 5.74) is 0.0556. The van der Waals surface area contributed by atoms with Gasteiger partial charge in [0.25, 0.3) is 0 Å². The van der Waals surface area contributed by atoms with E-state index < -0.39 is 5.97 Å². The molecule has 0 aliphatic carbocycles. The summed E-state index contributed by atoms with van der Waals surface area (Å²) in [6.07, 6.45) is 0. The van der Waals surface area contributed by atoms with Crippen LogP contribution < -0.4 is 0 Å². The van der Waals surface area contributed by atoms with Crippen LogP contribution in [0.25, 0.3) is 0 Å². The van der Waals surface area contributed by atoms with E-state index in [0.717, 1.165) is 0 Å². The molecule has 8 heavy (non-hydrogen) atoms. The molecule has 3 nitrogen and oxygen atoms in total.